The molecule has 94 valence electrons. The van der Waals surface area contributed by atoms with Gasteiger partial charge in [-0.15, -0.1) is 0 Å². The molecule has 1 atom stereocenters. The van der Waals surface area contributed by atoms with Gasteiger partial charge in [-0.2, -0.15) is 0 Å². The SMILES string of the molecule is Cc1cccc(C(Br)c2cc(Cl)ccc2Cl)c1F. The molecule has 0 aliphatic heterocycles. The molecule has 0 aliphatic rings. The largest absolute Gasteiger partial charge is 0.206 e. The number of rotatable bonds is 2. The van der Waals surface area contributed by atoms with Gasteiger partial charge in [-0.1, -0.05) is 57.3 Å². The Labute approximate surface area is 124 Å². The van der Waals surface area contributed by atoms with Crippen LogP contribution in [0.15, 0.2) is 36.4 Å². The molecule has 2 rings (SSSR count). The smallest absolute Gasteiger partial charge is 0.130 e. The normalized spacial score (nSPS) is 12.5. The van der Waals surface area contributed by atoms with Crippen molar-refractivity contribution >= 4 is 39.1 Å². The Hall–Kier alpha value is -0.570. The Morgan fingerprint density at radius 2 is 1.83 bits per heavy atom. The highest BCUT2D eigenvalue weighted by Gasteiger charge is 2.18. The molecule has 0 nitrogen and oxygen atoms in total. The highest BCUT2D eigenvalue weighted by atomic mass is 79.9. The number of benzene rings is 2. The van der Waals surface area contributed by atoms with Crippen LogP contribution in [0, 0.1) is 12.7 Å². The van der Waals surface area contributed by atoms with Gasteiger partial charge in [0.05, 0.1) is 4.83 Å². The van der Waals surface area contributed by atoms with E-state index in [0.29, 0.717) is 21.2 Å². The summed E-state index contributed by atoms with van der Waals surface area (Å²) >= 11 is 15.5. The van der Waals surface area contributed by atoms with Gasteiger partial charge < -0.3 is 0 Å². The van der Waals surface area contributed by atoms with E-state index in [4.69, 9.17) is 23.2 Å². The Kier molecular flexibility index (Phi) is 4.31. The minimum absolute atomic E-state index is 0.226. The molecule has 0 amide bonds. The summed E-state index contributed by atoms with van der Waals surface area (Å²) in [5, 5.41) is 1.13. The molecular formula is C14H10BrCl2F. The number of hydrogen-bond donors (Lipinski definition) is 0. The van der Waals surface area contributed by atoms with Crippen molar-refractivity contribution in [1.29, 1.82) is 0 Å². The zero-order valence-corrected chi connectivity index (χ0v) is 12.7. The Balaban J connectivity index is 2.51. The van der Waals surface area contributed by atoms with E-state index in [-0.39, 0.29) is 10.6 Å². The molecule has 0 saturated heterocycles. The first kappa shape index (κ1) is 13.9. The van der Waals surface area contributed by atoms with Crippen LogP contribution in [-0.4, -0.2) is 0 Å². The summed E-state index contributed by atoms with van der Waals surface area (Å²) in [6.07, 6.45) is 0. The summed E-state index contributed by atoms with van der Waals surface area (Å²) in [5.41, 5.74) is 1.92. The topological polar surface area (TPSA) is 0 Å². The molecule has 2 aromatic carbocycles. The first-order valence-corrected chi connectivity index (χ1v) is 7.02. The fraction of sp³-hybridized carbons (Fsp3) is 0.143. The third-order valence-electron chi connectivity index (χ3n) is 2.73. The average molecular weight is 348 g/mol. The zero-order valence-electron chi connectivity index (χ0n) is 9.55. The average Bonchev–Trinajstić information content (AvgIpc) is 2.35. The monoisotopic (exact) mass is 346 g/mol. The lowest BCUT2D eigenvalue weighted by atomic mass is 10.0. The maximum atomic E-state index is 14.1. The van der Waals surface area contributed by atoms with Crippen LogP contribution in [0.2, 0.25) is 10.0 Å². The summed E-state index contributed by atoms with van der Waals surface area (Å²) in [6, 6.07) is 10.4. The van der Waals surface area contributed by atoms with Gasteiger partial charge in [0.1, 0.15) is 5.82 Å². The van der Waals surface area contributed by atoms with Gasteiger partial charge in [0, 0.05) is 15.6 Å². The van der Waals surface area contributed by atoms with E-state index in [1.165, 1.54) is 0 Å². The Bertz CT molecular complexity index is 582. The summed E-state index contributed by atoms with van der Waals surface area (Å²) in [7, 11) is 0. The number of alkyl halides is 1. The molecular weight excluding hydrogens is 338 g/mol. The van der Waals surface area contributed by atoms with Crippen molar-refractivity contribution < 1.29 is 4.39 Å². The van der Waals surface area contributed by atoms with Crippen molar-refractivity contribution in [2.75, 3.05) is 0 Å². The predicted molar refractivity (Wildman–Crippen MR) is 78.4 cm³/mol. The molecule has 0 heterocycles. The van der Waals surface area contributed by atoms with Crippen LogP contribution >= 0.6 is 39.1 Å². The van der Waals surface area contributed by atoms with Gasteiger partial charge >= 0.3 is 0 Å². The second kappa shape index (κ2) is 5.60. The maximum Gasteiger partial charge on any atom is 0.130 e. The molecule has 0 aliphatic carbocycles. The third-order valence-corrected chi connectivity index (χ3v) is 4.29. The van der Waals surface area contributed by atoms with Gasteiger partial charge in [0.25, 0.3) is 0 Å². The standard InChI is InChI=1S/C14H10BrCl2F/c1-8-3-2-4-10(14(8)18)13(15)11-7-9(16)5-6-12(11)17/h2-7,13H,1H3. The summed E-state index contributed by atoms with van der Waals surface area (Å²) < 4.78 is 14.1. The zero-order chi connectivity index (χ0) is 13.3. The molecule has 0 spiro atoms. The number of halogens is 4. The van der Waals surface area contributed by atoms with Crippen LogP contribution < -0.4 is 0 Å². The third kappa shape index (κ3) is 2.71. The first-order valence-electron chi connectivity index (χ1n) is 5.34. The quantitative estimate of drug-likeness (QED) is 0.591. The van der Waals surface area contributed by atoms with Crippen LogP contribution in [0.4, 0.5) is 4.39 Å². The van der Waals surface area contributed by atoms with Crippen LogP contribution in [0.1, 0.15) is 21.5 Å². The van der Waals surface area contributed by atoms with E-state index in [0.717, 1.165) is 5.56 Å². The highest BCUT2D eigenvalue weighted by molar-refractivity contribution is 9.09. The number of hydrogen-bond acceptors (Lipinski definition) is 0. The second-order valence-corrected chi connectivity index (χ2v) is 5.77. The van der Waals surface area contributed by atoms with Gasteiger partial charge in [-0.25, -0.2) is 4.39 Å². The molecule has 18 heavy (non-hydrogen) atoms. The van der Waals surface area contributed by atoms with E-state index < -0.39 is 0 Å². The van der Waals surface area contributed by atoms with Crippen LogP contribution in [-0.2, 0) is 0 Å². The predicted octanol–water partition coefficient (Wildman–Crippen LogP) is 5.93. The van der Waals surface area contributed by atoms with Crippen molar-refractivity contribution in [2.24, 2.45) is 0 Å². The number of aryl methyl sites for hydroxylation is 1. The Morgan fingerprint density at radius 1 is 1.11 bits per heavy atom. The van der Waals surface area contributed by atoms with E-state index >= 15 is 0 Å². The summed E-state index contributed by atoms with van der Waals surface area (Å²) in [4.78, 5) is -0.316. The molecule has 4 heteroatoms. The highest BCUT2D eigenvalue weighted by Crippen LogP contribution is 2.38. The van der Waals surface area contributed by atoms with Gasteiger partial charge in [-0.05, 0) is 36.2 Å². The van der Waals surface area contributed by atoms with Crippen molar-refractivity contribution in [3.8, 4) is 0 Å². The molecule has 2 aromatic rings. The minimum Gasteiger partial charge on any atom is -0.206 e. The summed E-state index contributed by atoms with van der Waals surface area (Å²) in [6.45, 7) is 1.73. The minimum atomic E-state index is -0.316. The van der Waals surface area contributed by atoms with Crippen LogP contribution in [0.25, 0.3) is 0 Å². The Morgan fingerprint density at radius 3 is 2.56 bits per heavy atom. The molecule has 0 fully saturated rings. The van der Waals surface area contributed by atoms with E-state index in [1.54, 1.807) is 37.3 Å². The lowest BCUT2D eigenvalue weighted by Gasteiger charge is -2.14. The van der Waals surface area contributed by atoms with Gasteiger partial charge in [0.15, 0.2) is 0 Å². The van der Waals surface area contributed by atoms with Gasteiger partial charge in [-0.3, -0.25) is 0 Å². The lowest BCUT2D eigenvalue weighted by Crippen LogP contribution is -1.99. The summed E-state index contributed by atoms with van der Waals surface area (Å²) in [5.74, 6) is -0.226. The van der Waals surface area contributed by atoms with Crippen LogP contribution in [0.3, 0.4) is 0 Å². The van der Waals surface area contributed by atoms with Crippen molar-refractivity contribution in [3.63, 3.8) is 0 Å². The van der Waals surface area contributed by atoms with Crippen LogP contribution in [0.5, 0.6) is 0 Å². The molecule has 0 bridgehead atoms. The van der Waals surface area contributed by atoms with Crippen molar-refractivity contribution in [2.45, 2.75) is 11.8 Å². The second-order valence-electron chi connectivity index (χ2n) is 4.01. The van der Waals surface area contributed by atoms with E-state index in [2.05, 4.69) is 15.9 Å². The lowest BCUT2D eigenvalue weighted by molar-refractivity contribution is 0.604. The van der Waals surface area contributed by atoms with Gasteiger partial charge in [0.2, 0.25) is 0 Å². The van der Waals surface area contributed by atoms with Crippen molar-refractivity contribution in [3.05, 3.63) is 69.0 Å². The first-order chi connectivity index (χ1) is 8.50. The maximum absolute atomic E-state index is 14.1. The molecule has 1 unspecified atom stereocenters. The molecule has 0 aromatic heterocycles. The molecule has 0 radical (unpaired) electrons. The fourth-order valence-electron chi connectivity index (χ4n) is 1.74. The van der Waals surface area contributed by atoms with E-state index in [9.17, 15) is 4.39 Å². The van der Waals surface area contributed by atoms with Crippen molar-refractivity contribution in [1.82, 2.24) is 0 Å². The molecule has 0 N–H and O–H groups in total. The molecule has 0 saturated carbocycles. The fourth-order valence-corrected chi connectivity index (χ4v) is 3.01. The van der Waals surface area contributed by atoms with E-state index in [1.807, 2.05) is 6.07 Å².